The van der Waals surface area contributed by atoms with Crippen LogP contribution >= 0.6 is 0 Å². The van der Waals surface area contributed by atoms with Crippen molar-refractivity contribution >= 4 is 5.91 Å². The Labute approximate surface area is 93.4 Å². The van der Waals surface area contributed by atoms with Crippen LogP contribution in [0.1, 0.15) is 33.6 Å². The van der Waals surface area contributed by atoms with E-state index >= 15 is 0 Å². The molecular weight excluding hydrogens is 188 g/mol. The number of nitrogens with zero attached hydrogens (tertiary/aromatic N) is 2. The zero-order valence-electron chi connectivity index (χ0n) is 10.5. The summed E-state index contributed by atoms with van der Waals surface area (Å²) < 4.78 is 0. The SMILES string of the molecule is CN(CC(C)(C)C)C(=O)CN1CCCC1. The zero-order chi connectivity index (χ0) is 11.5. The van der Waals surface area contributed by atoms with Crippen LogP contribution in [0.4, 0.5) is 0 Å². The molecule has 1 aliphatic heterocycles. The quantitative estimate of drug-likeness (QED) is 0.709. The van der Waals surface area contributed by atoms with Crippen LogP contribution in [0.5, 0.6) is 0 Å². The highest BCUT2D eigenvalue weighted by molar-refractivity contribution is 5.78. The van der Waals surface area contributed by atoms with Crippen molar-refractivity contribution in [1.82, 2.24) is 9.80 Å². The van der Waals surface area contributed by atoms with Gasteiger partial charge in [0, 0.05) is 13.6 Å². The molecule has 1 fully saturated rings. The van der Waals surface area contributed by atoms with E-state index in [9.17, 15) is 4.79 Å². The summed E-state index contributed by atoms with van der Waals surface area (Å²) >= 11 is 0. The first kappa shape index (κ1) is 12.5. The molecular formula is C12H24N2O. The minimum atomic E-state index is 0.190. The maximum Gasteiger partial charge on any atom is 0.236 e. The van der Waals surface area contributed by atoms with Crippen molar-refractivity contribution in [2.45, 2.75) is 33.6 Å². The normalized spacial score (nSPS) is 18.1. The second kappa shape index (κ2) is 4.97. The molecule has 0 bridgehead atoms. The van der Waals surface area contributed by atoms with Gasteiger partial charge in [0.1, 0.15) is 0 Å². The molecule has 0 aromatic rings. The Bertz CT molecular complexity index is 214. The Kier molecular flexibility index (Phi) is 4.14. The van der Waals surface area contributed by atoms with Crippen LogP contribution in [0.25, 0.3) is 0 Å². The summed E-state index contributed by atoms with van der Waals surface area (Å²) in [4.78, 5) is 16.0. The van der Waals surface area contributed by atoms with E-state index in [0.717, 1.165) is 19.6 Å². The van der Waals surface area contributed by atoms with Gasteiger partial charge in [0.05, 0.1) is 6.54 Å². The predicted molar refractivity (Wildman–Crippen MR) is 62.8 cm³/mol. The summed E-state index contributed by atoms with van der Waals surface area (Å²) in [5.74, 6) is 0.256. The van der Waals surface area contributed by atoms with Gasteiger partial charge in [0.2, 0.25) is 5.91 Å². The largest absolute Gasteiger partial charge is 0.344 e. The van der Waals surface area contributed by atoms with Crippen molar-refractivity contribution < 1.29 is 4.79 Å². The molecule has 0 radical (unpaired) electrons. The average Bonchev–Trinajstić information content (AvgIpc) is 2.53. The first-order valence-corrected chi connectivity index (χ1v) is 5.85. The van der Waals surface area contributed by atoms with Gasteiger partial charge in [-0.15, -0.1) is 0 Å². The number of hydrogen-bond acceptors (Lipinski definition) is 2. The molecule has 0 aromatic heterocycles. The molecule has 0 unspecified atom stereocenters. The van der Waals surface area contributed by atoms with Gasteiger partial charge in [-0.25, -0.2) is 0 Å². The van der Waals surface area contributed by atoms with Crippen molar-refractivity contribution in [1.29, 1.82) is 0 Å². The lowest BCUT2D eigenvalue weighted by Crippen LogP contribution is -2.40. The number of rotatable bonds is 3. The first-order chi connectivity index (χ1) is 6.88. The summed E-state index contributed by atoms with van der Waals surface area (Å²) in [5, 5.41) is 0. The Morgan fingerprint density at radius 1 is 1.27 bits per heavy atom. The molecule has 1 aliphatic rings. The molecule has 0 atom stereocenters. The van der Waals surface area contributed by atoms with E-state index in [-0.39, 0.29) is 11.3 Å². The van der Waals surface area contributed by atoms with Crippen LogP contribution in [-0.2, 0) is 4.79 Å². The topological polar surface area (TPSA) is 23.6 Å². The molecule has 1 heterocycles. The molecule has 1 rings (SSSR count). The number of carbonyl (C=O) groups excluding carboxylic acids is 1. The second-order valence-electron chi connectivity index (χ2n) is 5.79. The molecule has 3 heteroatoms. The number of likely N-dealkylation sites (tertiary alicyclic amines) is 1. The number of likely N-dealkylation sites (N-methyl/N-ethyl adjacent to an activating group) is 1. The maximum absolute atomic E-state index is 11.9. The van der Waals surface area contributed by atoms with E-state index in [2.05, 4.69) is 25.7 Å². The third-order valence-corrected chi connectivity index (χ3v) is 2.69. The Hall–Kier alpha value is -0.570. The van der Waals surface area contributed by atoms with Crippen LogP contribution in [-0.4, -0.2) is 48.9 Å². The van der Waals surface area contributed by atoms with Crippen molar-refractivity contribution in [2.24, 2.45) is 5.41 Å². The molecule has 0 saturated carbocycles. The van der Waals surface area contributed by atoms with Crippen LogP contribution in [0, 0.1) is 5.41 Å². The van der Waals surface area contributed by atoms with E-state index in [1.165, 1.54) is 12.8 Å². The molecule has 1 saturated heterocycles. The molecule has 0 spiro atoms. The molecule has 0 N–H and O–H groups in total. The van der Waals surface area contributed by atoms with E-state index in [1.54, 1.807) is 0 Å². The van der Waals surface area contributed by atoms with Crippen LogP contribution in [0.3, 0.4) is 0 Å². The lowest BCUT2D eigenvalue weighted by molar-refractivity contribution is -0.132. The smallest absolute Gasteiger partial charge is 0.236 e. The highest BCUT2D eigenvalue weighted by Gasteiger charge is 2.20. The minimum absolute atomic E-state index is 0.190. The van der Waals surface area contributed by atoms with Crippen molar-refractivity contribution in [2.75, 3.05) is 33.2 Å². The van der Waals surface area contributed by atoms with E-state index in [4.69, 9.17) is 0 Å². The van der Waals surface area contributed by atoms with E-state index in [1.807, 2.05) is 11.9 Å². The van der Waals surface area contributed by atoms with Gasteiger partial charge in [0.15, 0.2) is 0 Å². The van der Waals surface area contributed by atoms with E-state index in [0.29, 0.717) is 6.54 Å². The summed E-state index contributed by atoms with van der Waals surface area (Å²) in [6.45, 7) is 10.1. The standard InChI is InChI=1S/C12H24N2O/c1-12(2,3)10-13(4)11(15)9-14-7-5-6-8-14/h5-10H2,1-4H3. The van der Waals surface area contributed by atoms with Gasteiger partial charge in [0.25, 0.3) is 0 Å². The third kappa shape index (κ3) is 4.65. The molecule has 0 aliphatic carbocycles. The Morgan fingerprint density at radius 2 is 1.80 bits per heavy atom. The summed E-state index contributed by atoms with van der Waals surface area (Å²) in [6, 6.07) is 0. The number of hydrogen-bond donors (Lipinski definition) is 0. The van der Waals surface area contributed by atoms with Crippen molar-refractivity contribution in [3.05, 3.63) is 0 Å². The zero-order valence-corrected chi connectivity index (χ0v) is 10.5. The molecule has 1 amide bonds. The third-order valence-electron chi connectivity index (χ3n) is 2.69. The van der Waals surface area contributed by atoms with Gasteiger partial charge in [-0.1, -0.05) is 20.8 Å². The fourth-order valence-corrected chi connectivity index (χ4v) is 2.05. The highest BCUT2D eigenvalue weighted by atomic mass is 16.2. The van der Waals surface area contributed by atoms with Gasteiger partial charge >= 0.3 is 0 Å². The Balaban J connectivity index is 2.32. The van der Waals surface area contributed by atoms with Crippen molar-refractivity contribution in [3.8, 4) is 0 Å². The number of amides is 1. The average molecular weight is 212 g/mol. The predicted octanol–water partition coefficient (Wildman–Crippen LogP) is 1.59. The van der Waals surface area contributed by atoms with Gasteiger partial charge in [-0.2, -0.15) is 0 Å². The lowest BCUT2D eigenvalue weighted by atomic mass is 9.96. The van der Waals surface area contributed by atoms with Gasteiger partial charge < -0.3 is 4.90 Å². The fourth-order valence-electron chi connectivity index (χ4n) is 2.05. The lowest BCUT2D eigenvalue weighted by Gasteiger charge is -2.28. The van der Waals surface area contributed by atoms with Crippen molar-refractivity contribution in [3.63, 3.8) is 0 Å². The Morgan fingerprint density at radius 3 is 2.27 bits per heavy atom. The van der Waals surface area contributed by atoms with Gasteiger partial charge in [-0.05, 0) is 31.3 Å². The fraction of sp³-hybridized carbons (Fsp3) is 0.917. The summed E-state index contributed by atoms with van der Waals surface area (Å²) in [7, 11) is 1.91. The summed E-state index contributed by atoms with van der Waals surface area (Å²) in [6.07, 6.45) is 2.49. The van der Waals surface area contributed by atoms with E-state index < -0.39 is 0 Å². The molecule has 3 nitrogen and oxygen atoms in total. The minimum Gasteiger partial charge on any atom is -0.344 e. The maximum atomic E-state index is 11.9. The molecule has 15 heavy (non-hydrogen) atoms. The molecule has 88 valence electrons. The second-order valence-corrected chi connectivity index (χ2v) is 5.79. The number of carbonyl (C=O) groups is 1. The van der Waals surface area contributed by atoms with Crippen LogP contribution < -0.4 is 0 Å². The van der Waals surface area contributed by atoms with Crippen LogP contribution in [0.15, 0.2) is 0 Å². The highest BCUT2D eigenvalue weighted by Crippen LogP contribution is 2.14. The van der Waals surface area contributed by atoms with Gasteiger partial charge in [-0.3, -0.25) is 9.69 Å². The van der Waals surface area contributed by atoms with Crippen LogP contribution in [0.2, 0.25) is 0 Å². The first-order valence-electron chi connectivity index (χ1n) is 5.85. The monoisotopic (exact) mass is 212 g/mol. The molecule has 0 aromatic carbocycles. The summed E-state index contributed by atoms with van der Waals surface area (Å²) in [5.41, 5.74) is 0.190.